The molecule has 2 aliphatic rings. The van der Waals surface area contributed by atoms with Gasteiger partial charge in [-0.15, -0.1) is 6.58 Å². The average Bonchev–Trinajstić information content (AvgIpc) is 3.01. The van der Waals surface area contributed by atoms with Gasteiger partial charge in [-0.1, -0.05) is 24.3 Å². The van der Waals surface area contributed by atoms with Gasteiger partial charge in [-0.05, 0) is 26.0 Å². The van der Waals surface area contributed by atoms with Crippen LogP contribution < -0.4 is 5.32 Å². The zero-order chi connectivity index (χ0) is 17.4. The predicted molar refractivity (Wildman–Crippen MR) is 98.6 cm³/mol. The first kappa shape index (κ1) is 16.3. The number of carbonyl (C=O) groups excluding carboxylic acids is 1. The molecule has 2 fully saturated rings. The summed E-state index contributed by atoms with van der Waals surface area (Å²) in [6.07, 6.45) is 3.94. The van der Waals surface area contributed by atoms with Crippen LogP contribution in [0.3, 0.4) is 0 Å². The number of carbonyl (C=O) groups is 1. The van der Waals surface area contributed by atoms with Gasteiger partial charge in [0.1, 0.15) is 0 Å². The molecule has 1 amide bonds. The number of likely N-dealkylation sites (tertiary alicyclic amines) is 1. The number of fused-ring (bicyclic) bond motifs is 3. The Morgan fingerprint density at radius 1 is 1.36 bits per heavy atom. The Balaban J connectivity index is 1.45. The van der Waals surface area contributed by atoms with Gasteiger partial charge >= 0.3 is 0 Å². The van der Waals surface area contributed by atoms with E-state index in [0.717, 1.165) is 43.4 Å². The summed E-state index contributed by atoms with van der Waals surface area (Å²) in [4.78, 5) is 17.7. The molecular formula is C19H25N5O. The van der Waals surface area contributed by atoms with Crippen LogP contribution in [0.5, 0.6) is 0 Å². The molecule has 3 heterocycles. The maximum atomic E-state index is 12.7. The summed E-state index contributed by atoms with van der Waals surface area (Å²) in [5, 5.41) is 11.3. The molecule has 2 saturated heterocycles. The molecule has 2 bridgehead atoms. The molecular weight excluding hydrogens is 314 g/mol. The number of amides is 1. The minimum atomic E-state index is -0.0759. The fourth-order valence-electron chi connectivity index (χ4n) is 4.30. The van der Waals surface area contributed by atoms with Crippen LogP contribution in [0.25, 0.3) is 10.9 Å². The van der Waals surface area contributed by atoms with E-state index in [2.05, 4.69) is 38.9 Å². The molecule has 0 aliphatic carbocycles. The van der Waals surface area contributed by atoms with E-state index in [1.54, 1.807) is 0 Å². The van der Waals surface area contributed by atoms with Crippen molar-refractivity contribution in [2.45, 2.75) is 31.0 Å². The SMILES string of the molecule is C=CCN1CC2CC(NC(=O)c3n[nH]c4ccccc34)CC(C1)N2C. The second kappa shape index (κ2) is 6.61. The minimum absolute atomic E-state index is 0.0759. The van der Waals surface area contributed by atoms with Crippen molar-refractivity contribution in [3.05, 3.63) is 42.6 Å². The maximum Gasteiger partial charge on any atom is 0.272 e. The minimum Gasteiger partial charge on any atom is -0.348 e. The monoisotopic (exact) mass is 339 g/mol. The number of benzene rings is 1. The Hall–Kier alpha value is -2.18. The molecule has 1 aromatic heterocycles. The zero-order valence-electron chi connectivity index (χ0n) is 14.6. The third-order valence-corrected chi connectivity index (χ3v) is 5.61. The summed E-state index contributed by atoms with van der Waals surface area (Å²) in [6.45, 7) is 6.87. The fraction of sp³-hybridized carbons (Fsp3) is 0.474. The number of piperazine rings is 1. The molecule has 0 radical (unpaired) electrons. The van der Waals surface area contributed by atoms with Crippen molar-refractivity contribution in [2.24, 2.45) is 0 Å². The van der Waals surface area contributed by atoms with E-state index in [0.29, 0.717) is 17.8 Å². The van der Waals surface area contributed by atoms with Crippen LogP contribution in [-0.2, 0) is 0 Å². The molecule has 6 nitrogen and oxygen atoms in total. The standard InChI is InChI=1S/C19H25N5O/c1-3-8-24-11-14-9-13(10-15(12-24)23(14)2)20-19(25)18-16-6-4-5-7-17(16)21-22-18/h3-7,13-15H,1,8-12H2,2H3,(H,20,25)(H,21,22). The van der Waals surface area contributed by atoms with Crippen LogP contribution in [0.2, 0.25) is 0 Å². The molecule has 6 heteroatoms. The quantitative estimate of drug-likeness (QED) is 0.831. The molecule has 2 aliphatic heterocycles. The number of nitrogens with one attached hydrogen (secondary N) is 2. The number of aromatic nitrogens is 2. The maximum absolute atomic E-state index is 12.7. The molecule has 0 spiro atoms. The highest BCUT2D eigenvalue weighted by Crippen LogP contribution is 2.28. The second-order valence-corrected chi connectivity index (χ2v) is 7.24. The van der Waals surface area contributed by atoms with Crippen molar-refractivity contribution in [1.82, 2.24) is 25.3 Å². The van der Waals surface area contributed by atoms with Gasteiger partial charge in [0.05, 0.1) is 5.52 Å². The lowest BCUT2D eigenvalue weighted by Crippen LogP contribution is -2.63. The van der Waals surface area contributed by atoms with Gasteiger partial charge in [0.25, 0.3) is 5.91 Å². The number of piperidine rings is 1. The van der Waals surface area contributed by atoms with Crippen molar-refractivity contribution in [3.63, 3.8) is 0 Å². The van der Waals surface area contributed by atoms with Crippen molar-refractivity contribution in [1.29, 1.82) is 0 Å². The number of aromatic amines is 1. The number of rotatable bonds is 4. The molecule has 132 valence electrons. The molecule has 2 unspecified atom stereocenters. The summed E-state index contributed by atoms with van der Waals surface area (Å²) >= 11 is 0. The normalized spacial score (nSPS) is 27.3. The van der Waals surface area contributed by atoms with E-state index in [1.165, 1.54) is 0 Å². The highest BCUT2D eigenvalue weighted by atomic mass is 16.2. The first-order chi connectivity index (χ1) is 12.2. The Morgan fingerprint density at radius 2 is 2.08 bits per heavy atom. The van der Waals surface area contributed by atoms with Crippen LogP contribution in [0.1, 0.15) is 23.3 Å². The molecule has 0 saturated carbocycles. The van der Waals surface area contributed by atoms with Crippen molar-refractivity contribution in [3.8, 4) is 0 Å². The number of H-pyrrole nitrogens is 1. The fourth-order valence-corrected chi connectivity index (χ4v) is 4.30. The largest absolute Gasteiger partial charge is 0.348 e. The lowest BCUT2D eigenvalue weighted by Gasteiger charge is -2.50. The van der Waals surface area contributed by atoms with Crippen molar-refractivity contribution < 1.29 is 4.79 Å². The second-order valence-electron chi connectivity index (χ2n) is 7.24. The Kier molecular flexibility index (Phi) is 4.31. The average molecular weight is 339 g/mol. The van der Waals surface area contributed by atoms with E-state index in [-0.39, 0.29) is 11.9 Å². The van der Waals surface area contributed by atoms with E-state index < -0.39 is 0 Å². The molecule has 25 heavy (non-hydrogen) atoms. The van der Waals surface area contributed by atoms with Gasteiger partial charge in [0.15, 0.2) is 5.69 Å². The summed E-state index contributed by atoms with van der Waals surface area (Å²) in [5.74, 6) is -0.0759. The van der Waals surface area contributed by atoms with Crippen molar-refractivity contribution >= 4 is 16.8 Å². The van der Waals surface area contributed by atoms with E-state index in [4.69, 9.17) is 0 Å². The van der Waals surface area contributed by atoms with Gasteiger partial charge in [-0.3, -0.25) is 19.7 Å². The highest BCUT2D eigenvalue weighted by molar-refractivity contribution is 6.04. The van der Waals surface area contributed by atoms with Gasteiger partial charge in [0.2, 0.25) is 0 Å². The summed E-state index contributed by atoms with van der Waals surface area (Å²) in [7, 11) is 2.21. The van der Waals surface area contributed by atoms with Crippen LogP contribution in [0, 0.1) is 0 Å². The number of likely N-dealkylation sites (N-methyl/N-ethyl adjacent to an activating group) is 1. The molecule has 2 atom stereocenters. The molecule has 2 aromatic rings. The van der Waals surface area contributed by atoms with Gasteiger partial charge in [-0.25, -0.2) is 0 Å². The molecule has 1 aromatic carbocycles. The summed E-state index contributed by atoms with van der Waals surface area (Å²) in [5.41, 5.74) is 1.39. The smallest absolute Gasteiger partial charge is 0.272 e. The predicted octanol–water partition coefficient (Wildman–Crippen LogP) is 1.63. The first-order valence-electron chi connectivity index (χ1n) is 8.95. The number of para-hydroxylation sites is 1. The summed E-state index contributed by atoms with van der Waals surface area (Å²) in [6, 6.07) is 8.91. The first-order valence-corrected chi connectivity index (χ1v) is 8.95. The van der Waals surface area contributed by atoms with Crippen LogP contribution in [-0.4, -0.2) is 70.7 Å². The summed E-state index contributed by atoms with van der Waals surface area (Å²) < 4.78 is 0. The zero-order valence-corrected chi connectivity index (χ0v) is 14.6. The lowest BCUT2D eigenvalue weighted by atomic mass is 9.88. The lowest BCUT2D eigenvalue weighted by molar-refractivity contribution is 0.00265. The Bertz CT molecular complexity index is 769. The van der Waals surface area contributed by atoms with Gasteiger partial charge < -0.3 is 5.32 Å². The van der Waals surface area contributed by atoms with Crippen LogP contribution in [0.15, 0.2) is 36.9 Å². The van der Waals surface area contributed by atoms with E-state index >= 15 is 0 Å². The van der Waals surface area contributed by atoms with Crippen LogP contribution in [0.4, 0.5) is 0 Å². The third-order valence-electron chi connectivity index (χ3n) is 5.61. The Morgan fingerprint density at radius 3 is 2.80 bits per heavy atom. The van der Waals surface area contributed by atoms with E-state index in [1.807, 2.05) is 30.3 Å². The number of hydrogen-bond acceptors (Lipinski definition) is 4. The molecule has 2 N–H and O–H groups in total. The number of hydrogen-bond donors (Lipinski definition) is 2. The number of nitrogens with zero attached hydrogens (tertiary/aromatic N) is 3. The van der Waals surface area contributed by atoms with Crippen molar-refractivity contribution in [2.75, 3.05) is 26.7 Å². The Labute approximate surface area is 147 Å². The van der Waals surface area contributed by atoms with Gasteiger partial charge in [-0.2, -0.15) is 5.10 Å². The van der Waals surface area contributed by atoms with E-state index in [9.17, 15) is 4.79 Å². The molecule has 4 rings (SSSR count). The third kappa shape index (κ3) is 3.07. The highest BCUT2D eigenvalue weighted by Gasteiger charge is 2.39. The topological polar surface area (TPSA) is 64.3 Å². The van der Waals surface area contributed by atoms with Gasteiger partial charge in [0, 0.05) is 43.1 Å². The van der Waals surface area contributed by atoms with Crippen LogP contribution >= 0.6 is 0 Å².